The van der Waals surface area contributed by atoms with Crippen LogP contribution in [0.25, 0.3) is 0 Å². The van der Waals surface area contributed by atoms with E-state index in [0.29, 0.717) is 6.42 Å². The third-order valence-electron chi connectivity index (χ3n) is 10.0. The van der Waals surface area contributed by atoms with E-state index in [1.807, 2.05) is 6.08 Å². The summed E-state index contributed by atoms with van der Waals surface area (Å²) in [6.07, 6.45) is 1.79. The van der Waals surface area contributed by atoms with Gasteiger partial charge < -0.3 is 33.5 Å². The van der Waals surface area contributed by atoms with Gasteiger partial charge in [-0.05, 0) is 37.2 Å². The minimum absolute atomic E-state index is 0.00729. The van der Waals surface area contributed by atoms with Crippen molar-refractivity contribution >= 4 is 17.9 Å². The molecule has 1 N–H and O–H groups in total. The first-order valence-corrected chi connectivity index (χ1v) is 13.7. The molecule has 4 fully saturated rings. The van der Waals surface area contributed by atoms with Gasteiger partial charge in [0, 0.05) is 25.2 Å². The fourth-order valence-electron chi connectivity index (χ4n) is 7.86. The van der Waals surface area contributed by atoms with Crippen molar-refractivity contribution in [3.63, 3.8) is 0 Å². The van der Waals surface area contributed by atoms with Gasteiger partial charge in [-0.2, -0.15) is 0 Å². The quantitative estimate of drug-likeness (QED) is 0.307. The average Bonchev–Trinajstić information content (AvgIpc) is 3.31. The van der Waals surface area contributed by atoms with E-state index in [2.05, 4.69) is 13.8 Å². The van der Waals surface area contributed by atoms with E-state index in [4.69, 9.17) is 28.4 Å². The molecule has 0 radical (unpaired) electrons. The normalized spacial score (nSPS) is 46.7. The number of carbonyl (C=O) groups excluding carboxylic acids is 3. The van der Waals surface area contributed by atoms with Crippen LogP contribution in [0.4, 0.5) is 0 Å². The van der Waals surface area contributed by atoms with Crippen LogP contribution >= 0.6 is 0 Å². The number of fused-ring (bicyclic) bond motifs is 3. The number of hydrogen-bond donors (Lipinski definition) is 1. The number of aliphatic hydroxyl groups excluding tert-OH is 1. The number of rotatable bonds is 6. The van der Waals surface area contributed by atoms with Gasteiger partial charge in [0.05, 0.1) is 36.4 Å². The second-order valence-corrected chi connectivity index (χ2v) is 12.3. The van der Waals surface area contributed by atoms with E-state index in [0.717, 1.165) is 6.42 Å². The van der Waals surface area contributed by atoms with Crippen LogP contribution < -0.4 is 0 Å². The zero-order chi connectivity index (χ0) is 27.6. The monoisotopic (exact) mass is 536 g/mol. The lowest BCUT2D eigenvalue weighted by Crippen LogP contribution is -2.74. The molecule has 1 spiro atoms. The largest absolute Gasteiger partial charge is 0.472 e. The van der Waals surface area contributed by atoms with Gasteiger partial charge in [0.25, 0.3) is 0 Å². The van der Waals surface area contributed by atoms with E-state index in [9.17, 15) is 19.5 Å². The highest BCUT2D eigenvalue weighted by Gasteiger charge is 2.81. The maximum Gasteiger partial charge on any atom is 0.308 e. The van der Waals surface area contributed by atoms with Crippen LogP contribution in [0, 0.1) is 34.5 Å². The molecule has 3 heterocycles. The Morgan fingerprint density at radius 2 is 1.82 bits per heavy atom. The summed E-state index contributed by atoms with van der Waals surface area (Å²) in [4.78, 5) is 37.4. The second-order valence-electron chi connectivity index (χ2n) is 12.3. The molecule has 10 heteroatoms. The highest BCUT2D eigenvalue weighted by atomic mass is 16.7. The first-order valence-electron chi connectivity index (χ1n) is 13.7. The Bertz CT molecular complexity index is 1000. The smallest absolute Gasteiger partial charge is 0.308 e. The molecular weight excluding hydrogens is 496 g/mol. The molecule has 38 heavy (non-hydrogen) atoms. The van der Waals surface area contributed by atoms with E-state index >= 15 is 0 Å². The molecular formula is C28H40O10. The molecule has 0 aromatic rings. The average molecular weight is 537 g/mol. The Balaban J connectivity index is 1.64. The fourth-order valence-corrected chi connectivity index (χ4v) is 7.86. The van der Waals surface area contributed by atoms with Crippen molar-refractivity contribution in [3.8, 4) is 0 Å². The summed E-state index contributed by atoms with van der Waals surface area (Å²) in [5.41, 5.74) is -2.81. The van der Waals surface area contributed by atoms with Gasteiger partial charge in [-0.3, -0.25) is 14.4 Å². The SMILES string of the molecule is CC(=O)OCC12C(OC(C)=O)CC(C)C(C)(C3CC4C=COC4O3)C1CC(O)C(OC(=O)C(C)C)C21CO1. The summed E-state index contributed by atoms with van der Waals surface area (Å²) in [5.74, 6) is -2.05. The molecule has 11 atom stereocenters. The van der Waals surface area contributed by atoms with Crippen LogP contribution in [0.1, 0.15) is 60.8 Å². The number of aliphatic hydroxyl groups is 1. The van der Waals surface area contributed by atoms with Gasteiger partial charge in [-0.25, -0.2) is 0 Å². The van der Waals surface area contributed by atoms with Crippen molar-refractivity contribution in [1.29, 1.82) is 0 Å². The Labute approximate surface area is 223 Å². The van der Waals surface area contributed by atoms with Gasteiger partial charge in [0.15, 0.2) is 6.10 Å². The van der Waals surface area contributed by atoms with Crippen LogP contribution in [-0.2, 0) is 42.8 Å². The van der Waals surface area contributed by atoms with Crippen LogP contribution in [0.3, 0.4) is 0 Å². The van der Waals surface area contributed by atoms with Gasteiger partial charge in [0.1, 0.15) is 18.3 Å². The van der Waals surface area contributed by atoms with Crippen molar-refractivity contribution in [1.82, 2.24) is 0 Å². The number of esters is 3. The Hall–Kier alpha value is -2.17. The molecule has 10 nitrogen and oxygen atoms in total. The van der Waals surface area contributed by atoms with Gasteiger partial charge in [0.2, 0.25) is 6.29 Å². The third kappa shape index (κ3) is 3.97. The summed E-state index contributed by atoms with van der Waals surface area (Å²) in [7, 11) is 0. The number of ether oxygens (including phenoxy) is 6. The molecule has 3 aliphatic heterocycles. The molecule has 2 saturated heterocycles. The molecule has 2 saturated carbocycles. The lowest BCUT2D eigenvalue weighted by atomic mass is 9.41. The zero-order valence-electron chi connectivity index (χ0n) is 23.0. The summed E-state index contributed by atoms with van der Waals surface area (Å²) < 4.78 is 36.0. The summed E-state index contributed by atoms with van der Waals surface area (Å²) in [6, 6.07) is 0. The summed E-state index contributed by atoms with van der Waals surface area (Å²) in [5, 5.41) is 11.5. The lowest BCUT2D eigenvalue weighted by molar-refractivity contribution is -0.284. The maximum atomic E-state index is 12.8. The predicted molar refractivity (Wildman–Crippen MR) is 131 cm³/mol. The molecule has 11 unspecified atom stereocenters. The van der Waals surface area contributed by atoms with Crippen LogP contribution in [0.5, 0.6) is 0 Å². The standard InChI is InChI=1S/C28H40O10/c1-14(2)24(32)38-23-19(31)11-20-26(6,21-10-18-7-8-33-25(18)37-21)15(3)9-22(36-17(5)30)27(20,12-34-16(4)29)28(23)13-35-28/h7-8,14-15,18-23,25,31H,9-13H2,1-6H3. The second kappa shape index (κ2) is 9.48. The molecule has 5 aliphatic rings. The minimum atomic E-state index is -1.19. The van der Waals surface area contributed by atoms with Crippen molar-refractivity contribution in [2.75, 3.05) is 13.2 Å². The predicted octanol–water partition coefficient (Wildman–Crippen LogP) is 2.51. The van der Waals surface area contributed by atoms with E-state index in [1.165, 1.54) is 13.8 Å². The molecule has 0 bridgehead atoms. The molecule has 0 amide bonds. The first-order chi connectivity index (χ1) is 17.9. The number of epoxide rings is 1. The Kier molecular flexibility index (Phi) is 6.84. The lowest BCUT2D eigenvalue weighted by Gasteiger charge is -2.65. The highest BCUT2D eigenvalue weighted by molar-refractivity contribution is 5.72. The van der Waals surface area contributed by atoms with Gasteiger partial charge >= 0.3 is 17.9 Å². The van der Waals surface area contributed by atoms with Crippen molar-refractivity contribution in [2.45, 2.75) is 97.1 Å². The Morgan fingerprint density at radius 3 is 2.39 bits per heavy atom. The van der Waals surface area contributed by atoms with Crippen molar-refractivity contribution < 1.29 is 47.9 Å². The van der Waals surface area contributed by atoms with E-state index in [1.54, 1.807) is 20.1 Å². The third-order valence-corrected chi connectivity index (χ3v) is 10.0. The molecule has 0 aromatic heterocycles. The number of carbonyl (C=O) groups is 3. The van der Waals surface area contributed by atoms with E-state index < -0.39 is 58.6 Å². The van der Waals surface area contributed by atoms with Gasteiger partial charge in [-0.1, -0.05) is 27.7 Å². The maximum absolute atomic E-state index is 12.8. The summed E-state index contributed by atoms with van der Waals surface area (Å²) in [6.45, 7) is 10.4. The van der Waals surface area contributed by atoms with Gasteiger partial charge in [-0.15, -0.1) is 0 Å². The van der Waals surface area contributed by atoms with Crippen LogP contribution in [0.15, 0.2) is 12.3 Å². The minimum Gasteiger partial charge on any atom is -0.472 e. The zero-order valence-corrected chi connectivity index (χ0v) is 23.0. The van der Waals surface area contributed by atoms with Crippen molar-refractivity contribution in [3.05, 3.63) is 12.3 Å². The van der Waals surface area contributed by atoms with Crippen molar-refractivity contribution in [2.24, 2.45) is 34.5 Å². The topological polar surface area (TPSA) is 130 Å². The van der Waals surface area contributed by atoms with Crippen LogP contribution in [0.2, 0.25) is 0 Å². The van der Waals surface area contributed by atoms with Crippen LogP contribution in [-0.4, -0.2) is 72.5 Å². The first kappa shape index (κ1) is 27.4. The molecule has 212 valence electrons. The highest BCUT2D eigenvalue weighted by Crippen LogP contribution is 2.70. The van der Waals surface area contributed by atoms with E-state index in [-0.39, 0.29) is 49.8 Å². The Morgan fingerprint density at radius 1 is 1.11 bits per heavy atom. The molecule has 0 aromatic carbocycles. The number of hydrogen-bond acceptors (Lipinski definition) is 10. The molecule has 5 rings (SSSR count). The molecule has 2 aliphatic carbocycles. The fraction of sp³-hybridized carbons (Fsp3) is 0.821. The summed E-state index contributed by atoms with van der Waals surface area (Å²) >= 11 is 0.